The van der Waals surface area contributed by atoms with E-state index in [9.17, 15) is 35.7 Å². The zero-order valence-electron chi connectivity index (χ0n) is 34.9. The number of terminal acetylenes is 1. The van der Waals surface area contributed by atoms with E-state index in [0.717, 1.165) is 62.7 Å². The van der Waals surface area contributed by atoms with Gasteiger partial charge in [0.05, 0.1) is 28.6 Å². The van der Waals surface area contributed by atoms with Crippen molar-refractivity contribution in [3.8, 4) is 35.4 Å². The molecule has 2 atom stereocenters. The minimum atomic E-state index is -8.55. The van der Waals surface area contributed by atoms with Crippen LogP contribution in [0.15, 0.2) is 61.3 Å². The van der Waals surface area contributed by atoms with Crippen LogP contribution in [0.2, 0.25) is 0 Å². The van der Waals surface area contributed by atoms with E-state index >= 15 is 8.78 Å². The molecule has 4 fully saturated rings. The van der Waals surface area contributed by atoms with Crippen molar-refractivity contribution in [2.75, 3.05) is 44.2 Å². The Morgan fingerprint density at radius 2 is 1.71 bits per heavy atom. The number of hydrogen-bond donors (Lipinski definition) is 1. The normalized spacial score (nSPS) is 20.6. The van der Waals surface area contributed by atoms with Crippen molar-refractivity contribution in [2.45, 2.75) is 69.1 Å². The number of phenolic OH excluding ortho intramolecular Hbond substituents is 1. The van der Waals surface area contributed by atoms with E-state index in [0.29, 0.717) is 61.4 Å². The van der Waals surface area contributed by atoms with Crippen LogP contribution in [0.5, 0.6) is 11.8 Å². The molecule has 0 radical (unpaired) electrons. The van der Waals surface area contributed by atoms with Gasteiger partial charge >= 0.3 is 35.2 Å². The Hall–Kier alpha value is -6.05. The molecule has 5 aliphatic rings. The summed E-state index contributed by atoms with van der Waals surface area (Å²) < 4.78 is 87.9. The number of ether oxygens (including phenoxy) is 1. The van der Waals surface area contributed by atoms with Crippen molar-refractivity contribution in [2.24, 2.45) is 0 Å². The summed E-state index contributed by atoms with van der Waals surface area (Å²) in [4.78, 5) is 49.4. The van der Waals surface area contributed by atoms with Gasteiger partial charge in [0, 0.05) is 48.9 Å². The number of rotatable bonds is 7. The number of fused-ring (bicyclic) bond motifs is 6. The van der Waals surface area contributed by atoms with Crippen LogP contribution in [0.1, 0.15) is 65.6 Å². The quantitative estimate of drug-likeness (QED) is 0.0739. The Morgan fingerprint density at radius 3 is 2.38 bits per heavy atom. The molecule has 11 nitrogen and oxygen atoms in total. The molecule has 3 aromatic carbocycles. The average Bonchev–Trinajstić information content (AvgIpc) is 3.94. The number of anilines is 1. The van der Waals surface area contributed by atoms with E-state index < -0.39 is 19.8 Å². The molecule has 0 saturated carbocycles. The predicted octanol–water partition coefficient (Wildman–Crippen LogP) is 9.34. The fourth-order valence-electron chi connectivity index (χ4n) is 10.6. The number of hydrogen-bond acceptors (Lipinski definition) is 9. The topological polar surface area (TPSA) is 115 Å². The number of aromatic hydroxyl groups is 1. The Bertz CT molecular complexity index is 2790. The van der Waals surface area contributed by atoms with Crippen LogP contribution in [-0.4, -0.2) is 104 Å². The predicted molar refractivity (Wildman–Crippen MR) is 231 cm³/mol. The molecule has 65 heavy (non-hydrogen) atoms. The van der Waals surface area contributed by atoms with E-state index in [1.807, 2.05) is 23.1 Å². The van der Waals surface area contributed by atoms with Gasteiger partial charge in [-0.05, 0) is 105 Å². The fraction of sp³-hybridized carbons (Fsp3) is 0.370. The van der Waals surface area contributed by atoms with Crippen LogP contribution in [-0.2, 0) is 17.8 Å². The molecule has 0 spiro atoms. The van der Waals surface area contributed by atoms with Gasteiger partial charge in [-0.1, -0.05) is 30.7 Å². The second kappa shape index (κ2) is 16.4. The standard InChI is InChI=1S/C46H43F2N7O4.F5P/c1-3-32-37(47)13-10-27-20-31(56)21-35(39(27)32)41-40(48)42-36(22-49-41)43(51-45(50-42)59-26-46-15-6-17-54(46)18-7-16-46)53-24-29-11-12-30(25-53)55(29)44(58)34-9-5-8-28-23-52(38(57)4-2)19-14-33(28)34;1-6(2,3,4)5/h1,4-5,8-10,13,20-22,29-30,56H,2,6-7,11-12,14-19,23-26H2;. The monoisotopic (exact) mass is 921 g/mol. The van der Waals surface area contributed by atoms with Crippen LogP contribution in [0.4, 0.5) is 35.6 Å². The number of phenols is 1. The molecular weight excluding hydrogens is 879 g/mol. The Kier molecular flexibility index (Phi) is 11.2. The molecule has 340 valence electrons. The third-order valence-corrected chi connectivity index (χ3v) is 13.4. The maximum atomic E-state index is 17.2. The summed E-state index contributed by atoms with van der Waals surface area (Å²) in [5, 5.41) is 11.8. The van der Waals surface area contributed by atoms with Gasteiger partial charge in [-0.15, -0.1) is 6.42 Å². The fourth-order valence-corrected chi connectivity index (χ4v) is 10.6. The SMILES string of the molecule is C#Cc1c(F)ccc2cc(O)cc(-c3ncc4c(N5CC6CCC(C5)N6C(=O)c5cccc6c5CCN(C(=O)C=C)C6)nc(OCC56CCCN5CCC6)nc4c3F)c12.FP(F)(F)(F)F. The molecule has 19 heteroatoms. The summed E-state index contributed by atoms with van der Waals surface area (Å²) in [5.41, 5.74) is 2.40. The molecule has 2 unspecified atom stereocenters. The number of nitrogens with zero attached hydrogens (tertiary/aromatic N) is 7. The number of halogens is 7. The van der Waals surface area contributed by atoms with Crippen molar-refractivity contribution in [1.29, 1.82) is 0 Å². The molecule has 2 aromatic heterocycles. The molecule has 0 aliphatic carbocycles. The number of piperazine rings is 1. The Balaban J connectivity index is 0.000000834. The van der Waals surface area contributed by atoms with Gasteiger partial charge in [-0.3, -0.25) is 19.5 Å². The zero-order chi connectivity index (χ0) is 46.0. The van der Waals surface area contributed by atoms with Crippen LogP contribution >= 0.6 is 8.16 Å². The van der Waals surface area contributed by atoms with Crippen molar-refractivity contribution >= 4 is 47.5 Å². The third-order valence-electron chi connectivity index (χ3n) is 13.4. The summed E-state index contributed by atoms with van der Waals surface area (Å²) in [5.74, 6) is 1.12. The number of pyridine rings is 1. The molecular formula is C46H43F7N7O4P. The summed E-state index contributed by atoms with van der Waals surface area (Å²) >= 11 is 0. The number of benzene rings is 3. The van der Waals surface area contributed by atoms with Gasteiger partial charge in [0.15, 0.2) is 5.82 Å². The molecule has 4 saturated heterocycles. The van der Waals surface area contributed by atoms with E-state index in [1.165, 1.54) is 36.5 Å². The van der Waals surface area contributed by atoms with Gasteiger partial charge in [0.25, 0.3) is 5.91 Å². The first kappa shape index (κ1) is 44.2. The number of carbonyl (C=O) groups excluding carboxylic acids is 2. The van der Waals surface area contributed by atoms with Crippen LogP contribution in [0, 0.1) is 24.0 Å². The molecule has 5 aliphatic heterocycles. The summed E-state index contributed by atoms with van der Waals surface area (Å²) in [7, 11) is -8.55. The summed E-state index contributed by atoms with van der Waals surface area (Å²) in [6.45, 7) is 7.88. The Morgan fingerprint density at radius 1 is 1.00 bits per heavy atom. The van der Waals surface area contributed by atoms with Gasteiger partial charge in [-0.25, -0.2) is 8.78 Å². The van der Waals surface area contributed by atoms with E-state index in [-0.39, 0.29) is 68.9 Å². The summed E-state index contributed by atoms with van der Waals surface area (Å²) in [6.07, 6.45) is 14.9. The van der Waals surface area contributed by atoms with Crippen LogP contribution in [0.3, 0.4) is 0 Å². The second-order valence-corrected chi connectivity index (χ2v) is 18.5. The number of carbonyl (C=O) groups is 2. The van der Waals surface area contributed by atoms with Gasteiger partial charge in [0.1, 0.15) is 35.2 Å². The molecule has 2 amide bonds. The first-order valence-corrected chi connectivity index (χ1v) is 23.0. The molecule has 5 aromatic rings. The van der Waals surface area contributed by atoms with Crippen LogP contribution in [0.25, 0.3) is 32.9 Å². The van der Waals surface area contributed by atoms with Gasteiger partial charge < -0.3 is 24.5 Å². The van der Waals surface area contributed by atoms with E-state index in [4.69, 9.17) is 16.1 Å². The van der Waals surface area contributed by atoms with Gasteiger partial charge in [-0.2, -0.15) is 9.97 Å². The number of aromatic nitrogens is 3. The van der Waals surface area contributed by atoms with Gasteiger partial charge in [0.2, 0.25) is 5.91 Å². The van der Waals surface area contributed by atoms with Crippen LogP contribution < -0.4 is 9.64 Å². The summed E-state index contributed by atoms with van der Waals surface area (Å²) in [6, 6.07) is 11.0. The first-order chi connectivity index (χ1) is 30.9. The van der Waals surface area contributed by atoms with Crippen molar-refractivity contribution in [3.63, 3.8) is 0 Å². The van der Waals surface area contributed by atoms with E-state index in [2.05, 4.69) is 32.3 Å². The average molecular weight is 922 g/mol. The maximum absolute atomic E-state index is 17.2. The van der Waals surface area contributed by atoms with E-state index in [1.54, 1.807) is 4.90 Å². The van der Waals surface area contributed by atoms with Crippen molar-refractivity contribution < 1.29 is 49.2 Å². The number of amides is 2. The molecule has 2 bridgehead atoms. The van der Waals surface area contributed by atoms with Crippen molar-refractivity contribution in [1.82, 2.24) is 29.7 Å². The second-order valence-electron chi connectivity index (χ2n) is 17.2. The third kappa shape index (κ3) is 8.52. The minimum absolute atomic E-state index is 0.0236. The molecule has 1 N–H and O–H groups in total. The zero-order valence-corrected chi connectivity index (χ0v) is 35.8. The Labute approximate surface area is 369 Å². The first-order valence-electron chi connectivity index (χ1n) is 21.3. The molecule has 10 rings (SSSR count). The molecule has 7 heterocycles. The van der Waals surface area contributed by atoms with Crippen molar-refractivity contribution in [3.05, 3.63) is 95.2 Å².